The Balaban J connectivity index is 1.79. The maximum absolute atomic E-state index is 5.35. The van der Waals surface area contributed by atoms with Crippen LogP contribution in [-0.4, -0.2) is 17.1 Å². The van der Waals surface area contributed by atoms with Gasteiger partial charge < -0.3 is 9.72 Å². The van der Waals surface area contributed by atoms with Gasteiger partial charge in [0.25, 0.3) is 0 Å². The minimum absolute atomic E-state index is 0.858. The van der Waals surface area contributed by atoms with Crippen molar-refractivity contribution in [2.24, 2.45) is 0 Å². The molecule has 0 saturated heterocycles. The number of pyridine rings is 1. The van der Waals surface area contributed by atoms with Crippen LogP contribution in [0.5, 0.6) is 5.75 Å². The monoisotopic (exact) mass is 302 g/mol. The molecule has 3 nitrogen and oxygen atoms in total. The number of nitrogens with one attached hydrogen (secondary N) is 1. The van der Waals surface area contributed by atoms with Gasteiger partial charge in [-0.15, -0.1) is 0 Å². The number of hydrogen-bond donors (Lipinski definition) is 1. The predicted molar refractivity (Wildman–Crippen MR) is 94.1 cm³/mol. The third-order valence-electron chi connectivity index (χ3n) is 4.37. The Morgan fingerprint density at radius 2 is 1.91 bits per heavy atom. The summed E-state index contributed by atoms with van der Waals surface area (Å²) < 4.78 is 5.35. The zero-order chi connectivity index (χ0) is 15.8. The standard InChI is InChI=1S/C20H18N2O/c1-13-15(9-14-5-3-4-6-19(14)22-13)10-16-12-21-20-8-7-17(23-2)11-18(16)20/h3-9,11-12,21H,10H2,1-2H3. The molecule has 2 heterocycles. The van der Waals surface area contributed by atoms with Gasteiger partial charge >= 0.3 is 0 Å². The van der Waals surface area contributed by atoms with E-state index in [9.17, 15) is 0 Å². The van der Waals surface area contributed by atoms with Gasteiger partial charge in [0, 0.05) is 34.6 Å². The van der Waals surface area contributed by atoms with E-state index in [-0.39, 0.29) is 0 Å². The second-order valence-corrected chi connectivity index (χ2v) is 5.83. The summed E-state index contributed by atoms with van der Waals surface area (Å²) in [6.45, 7) is 2.08. The quantitative estimate of drug-likeness (QED) is 0.599. The lowest BCUT2D eigenvalue weighted by molar-refractivity contribution is 0.415. The molecule has 0 bridgehead atoms. The first-order valence-corrected chi connectivity index (χ1v) is 7.74. The summed E-state index contributed by atoms with van der Waals surface area (Å²) in [5.74, 6) is 0.881. The molecule has 0 amide bonds. The van der Waals surface area contributed by atoms with Crippen LogP contribution >= 0.6 is 0 Å². The SMILES string of the molecule is COc1ccc2[nH]cc(Cc3cc4ccccc4nc3C)c2c1. The van der Waals surface area contributed by atoms with Crippen molar-refractivity contribution in [1.29, 1.82) is 0 Å². The minimum atomic E-state index is 0.858. The van der Waals surface area contributed by atoms with Crippen molar-refractivity contribution in [2.75, 3.05) is 7.11 Å². The molecule has 0 aliphatic heterocycles. The van der Waals surface area contributed by atoms with E-state index in [0.717, 1.165) is 28.9 Å². The fourth-order valence-electron chi connectivity index (χ4n) is 3.07. The van der Waals surface area contributed by atoms with Gasteiger partial charge in [-0.25, -0.2) is 0 Å². The Hall–Kier alpha value is -2.81. The summed E-state index contributed by atoms with van der Waals surface area (Å²) in [7, 11) is 1.70. The van der Waals surface area contributed by atoms with Crippen molar-refractivity contribution in [3.63, 3.8) is 0 Å². The fourth-order valence-corrected chi connectivity index (χ4v) is 3.07. The van der Waals surface area contributed by atoms with Crippen LogP contribution in [0.3, 0.4) is 0 Å². The molecular formula is C20H18N2O. The lowest BCUT2D eigenvalue weighted by Crippen LogP contribution is -1.95. The largest absolute Gasteiger partial charge is 0.497 e. The van der Waals surface area contributed by atoms with Crippen molar-refractivity contribution in [3.05, 3.63) is 71.5 Å². The molecule has 0 aliphatic carbocycles. The Morgan fingerprint density at radius 1 is 1.04 bits per heavy atom. The predicted octanol–water partition coefficient (Wildman–Crippen LogP) is 4.62. The van der Waals surface area contributed by atoms with Crippen molar-refractivity contribution in [2.45, 2.75) is 13.3 Å². The van der Waals surface area contributed by atoms with Gasteiger partial charge in [-0.1, -0.05) is 18.2 Å². The molecule has 2 aromatic carbocycles. The molecule has 1 N–H and O–H groups in total. The second kappa shape index (κ2) is 5.43. The molecule has 23 heavy (non-hydrogen) atoms. The summed E-state index contributed by atoms with van der Waals surface area (Å²) in [6.07, 6.45) is 2.94. The van der Waals surface area contributed by atoms with Gasteiger partial charge in [-0.2, -0.15) is 0 Å². The maximum Gasteiger partial charge on any atom is 0.119 e. The number of ether oxygens (including phenoxy) is 1. The van der Waals surface area contributed by atoms with Crippen LogP contribution in [0.1, 0.15) is 16.8 Å². The van der Waals surface area contributed by atoms with E-state index < -0.39 is 0 Å². The summed E-state index contributed by atoms with van der Waals surface area (Å²) in [5, 5.41) is 2.39. The number of hydrogen-bond acceptors (Lipinski definition) is 2. The molecule has 0 fully saturated rings. The van der Waals surface area contributed by atoms with Crippen LogP contribution in [0.25, 0.3) is 21.8 Å². The van der Waals surface area contributed by atoms with E-state index in [1.807, 2.05) is 12.1 Å². The number of nitrogens with zero attached hydrogens (tertiary/aromatic N) is 1. The average Bonchev–Trinajstić information content (AvgIpc) is 2.97. The summed E-state index contributed by atoms with van der Waals surface area (Å²) >= 11 is 0. The fraction of sp³-hybridized carbons (Fsp3) is 0.150. The highest BCUT2D eigenvalue weighted by Crippen LogP contribution is 2.27. The molecule has 3 heteroatoms. The van der Waals surface area contributed by atoms with Crippen LogP contribution < -0.4 is 4.74 Å². The van der Waals surface area contributed by atoms with E-state index in [2.05, 4.69) is 54.5 Å². The van der Waals surface area contributed by atoms with Gasteiger partial charge in [0.1, 0.15) is 5.75 Å². The molecule has 0 aliphatic rings. The van der Waals surface area contributed by atoms with Crippen LogP contribution in [0.4, 0.5) is 0 Å². The number of aromatic amines is 1. The van der Waals surface area contributed by atoms with Gasteiger partial charge in [-0.3, -0.25) is 4.98 Å². The lowest BCUT2D eigenvalue weighted by atomic mass is 10.0. The van der Waals surface area contributed by atoms with E-state index in [1.165, 1.54) is 21.9 Å². The minimum Gasteiger partial charge on any atom is -0.497 e. The van der Waals surface area contributed by atoms with E-state index in [4.69, 9.17) is 9.72 Å². The number of aromatic nitrogens is 2. The highest BCUT2D eigenvalue weighted by molar-refractivity contribution is 5.85. The Morgan fingerprint density at radius 3 is 2.78 bits per heavy atom. The number of methoxy groups -OCH3 is 1. The normalized spacial score (nSPS) is 11.2. The molecule has 4 aromatic rings. The zero-order valence-corrected chi connectivity index (χ0v) is 13.3. The Labute approximate surface area is 134 Å². The molecule has 0 unspecified atom stereocenters. The number of rotatable bonds is 3. The van der Waals surface area contributed by atoms with Gasteiger partial charge in [0.05, 0.1) is 12.6 Å². The number of para-hydroxylation sites is 1. The maximum atomic E-state index is 5.35. The summed E-state index contributed by atoms with van der Waals surface area (Å²) in [6, 6.07) is 16.6. The number of benzene rings is 2. The highest BCUT2D eigenvalue weighted by atomic mass is 16.5. The highest BCUT2D eigenvalue weighted by Gasteiger charge is 2.09. The third kappa shape index (κ3) is 2.44. The van der Waals surface area contributed by atoms with Gasteiger partial charge in [0.15, 0.2) is 0 Å². The van der Waals surface area contributed by atoms with Crippen LogP contribution in [0.2, 0.25) is 0 Å². The smallest absolute Gasteiger partial charge is 0.119 e. The molecule has 4 rings (SSSR count). The topological polar surface area (TPSA) is 37.9 Å². The first-order chi connectivity index (χ1) is 11.2. The second-order valence-electron chi connectivity index (χ2n) is 5.83. The molecule has 2 aromatic heterocycles. The molecule has 0 saturated carbocycles. The van der Waals surface area contributed by atoms with E-state index in [0.29, 0.717) is 0 Å². The number of fused-ring (bicyclic) bond motifs is 2. The third-order valence-corrected chi connectivity index (χ3v) is 4.37. The molecule has 0 radical (unpaired) electrons. The van der Waals surface area contributed by atoms with Crippen molar-refractivity contribution in [3.8, 4) is 5.75 Å². The van der Waals surface area contributed by atoms with Crippen molar-refractivity contribution < 1.29 is 4.74 Å². The molecule has 0 atom stereocenters. The first-order valence-electron chi connectivity index (χ1n) is 7.74. The first kappa shape index (κ1) is 13.8. The molecule has 114 valence electrons. The van der Waals surface area contributed by atoms with Gasteiger partial charge in [-0.05, 0) is 48.4 Å². The van der Waals surface area contributed by atoms with Crippen molar-refractivity contribution in [1.82, 2.24) is 9.97 Å². The Bertz CT molecular complexity index is 1000. The van der Waals surface area contributed by atoms with Gasteiger partial charge in [0.2, 0.25) is 0 Å². The summed E-state index contributed by atoms with van der Waals surface area (Å²) in [5.41, 5.74) is 5.79. The molecule has 0 spiro atoms. The Kier molecular flexibility index (Phi) is 3.27. The van der Waals surface area contributed by atoms with Crippen molar-refractivity contribution >= 4 is 21.8 Å². The number of H-pyrrole nitrogens is 1. The lowest BCUT2D eigenvalue weighted by Gasteiger charge is -2.07. The summed E-state index contributed by atoms with van der Waals surface area (Å²) in [4.78, 5) is 8.08. The van der Waals surface area contributed by atoms with E-state index in [1.54, 1.807) is 7.11 Å². The average molecular weight is 302 g/mol. The van der Waals surface area contributed by atoms with Crippen LogP contribution in [0.15, 0.2) is 54.7 Å². The molecular weight excluding hydrogens is 284 g/mol. The van der Waals surface area contributed by atoms with Crippen LogP contribution in [0, 0.1) is 6.92 Å². The van der Waals surface area contributed by atoms with Crippen LogP contribution in [-0.2, 0) is 6.42 Å². The van der Waals surface area contributed by atoms with E-state index >= 15 is 0 Å². The zero-order valence-electron chi connectivity index (χ0n) is 13.3. The number of aryl methyl sites for hydroxylation is 1.